The van der Waals surface area contributed by atoms with E-state index in [4.69, 9.17) is 18.9 Å². The van der Waals surface area contributed by atoms with E-state index >= 15 is 0 Å². The van der Waals surface area contributed by atoms with E-state index in [1.165, 1.54) is 64.1 Å². The summed E-state index contributed by atoms with van der Waals surface area (Å²) in [5, 5.41) is 0. The van der Waals surface area contributed by atoms with E-state index in [2.05, 4.69) is 0 Å². The Hall–Kier alpha value is -2.46. The maximum absolute atomic E-state index is 12.4. The van der Waals surface area contributed by atoms with Gasteiger partial charge in [-0.2, -0.15) is 0 Å². The number of carbonyl (C=O) groups excluding carboxylic acids is 4. The van der Waals surface area contributed by atoms with Crippen molar-refractivity contribution in [3.8, 4) is 0 Å². The van der Waals surface area contributed by atoms with E-state index < -0.39 is 0 Å². The first-order valence-corrected chi connectivity index (χ1v) is 11.9. The average molecular weight is 483 g/mol. The highest BCUT2D eigenvalue weighted by molar-refractivity contribution is 8.04. The van der Waals surface area contributed by atoms with Gasteiger partial charge in [0.1, 0.15) is 0 Å². The van der Waals surface area contributed by atoms with Crippen LogP contribution in [0, 0.1) is 0 Å². The summed E-state index contributed by atoms with van der Waals surface area (Å²) >= 11 is 2.65. The number of allylic oxidation sites excluding steroid dienone is 4. The van der Waals surface area contributed by atoms with E-state index in [9.17, 15) is 19.2 Å². The van der Waals surface area contributed by atoms with Crippen LogP contribution in [-0.2, 0) is 38.1 Å². The molecule has 0 amide bonds. The molecule has 0 aromatic rings. The number of hydrogen-bond acceptors (Lipinski definition) is 10. The van der Waals surface area contributed by atoms with Crippen molar-refractivity contribution in [3.05, 3.63) is 45.0 Å². The molecule has 174 valence electrons. The average Bonchev–Trinajstić information content (AvgIpc) is 2.78. The minimum Gasteiger partial charge on any atom is -0.490 e. The van der Waals surface area contributed by atoms with Gasteiger partial charge in [0.25, 0.3) is 0 Å². The van der Waals surface area contributed by atoms with Gasteiger partial charge >= 0.3 is 0 Å². The highest BCUT2D eigenvalue weighted by Crippen LogP contribution is 2.30. The Morgan fingerprint density at radius 1 is 0.562 bits per heavy atom. The van der Waals surface area contributed by atoms with Crippen LogP contribution in [-0.4, -0.2) is 63.1 Å². The molecule has 0 unspecified atom stereocenters. The first-order chi connectivity index (χ1) is 15.4. The van der Waals surface area contributed by atoms with Gasteiger partial charge < -0.3 is 18.9 Å². The highest BCUT2D eigenvalue weighted by Gasteiger charge is 2.31. The van der Waals surface area contributed by atoms with Gasteiger partial charge in [0, 0.05) is 12.2 Å². The Bertz CT molecular complexity index is 837. The second kappa shape index (κ2) is 12.5. The summed E-state index contributed by atoms with van der Waals surface area (Å²) in [4.78, 5) is 49.5. The third-order valence-electron chi connectivity index (χ3n) is 4.61. The summed E-state index contributed by atoms with van der Waals surface area (Å²) < 4.78 is 20.0. The van der Waals surface area contributed by atoms with Crippen LogP contribution in [0.1, 0.15) is 25.7 Å². The molecule has 2 aliphatic carbocycles. The molecule has 0 N–H and O–H groups in total. The lowest BCUT2D eigenvalue weighted by Crippen LogP contribution is -2.20. The molecule has 0 atom stereocenters. The van der Waals surface area contributed by atoms with Crippen LogP contribution in [0.25, 0.3) is 0 Å². The van der Waals surface area contributed by atoms with Gasteiger partial charge in [-0.15, -0.1) is 23.5 Å². The third kappa shape index (κ3) is 6.07. The number of hydrogen-bond donors (Lipinski definition) is 0. The van der Waals surface area contributed by atoms with E-state index in [1.54, 1.807) is 0 Å². The zero-order valence-corrected chi connectivity index (χ0v) is 20.1. The Labute approximate surface area is 195 Å². The fraction of sp³-hybridized carbons (Fsp3) is 0.455. The summed E-state index contributed by atoms with van der Waals surface area (Å²) in [5.41, 5.74) is 0. The summed E-state index contributed by atoms with van der Waals surface area (Å²) in [6.45, 7) is 0. The molecule has 8 nitrogen and oxygen atoms in total. The van der Waals surface area contributed by atoms with E-state index in [0.717, 1.165) is 25.7 Å². The van der Waals surface area contributed by atoms with Crippen molar-refractivity contribution in [2.45, 2.75) is 25.7 Å². The molecule has 0 bridgehead atoms. The normalized spacial score (nSPS) is 16.9. The van der Waals surface area contributed by atoms with Crippen molar-refractivity contribution in [2.24, 2.45) is 0 Å². The summed E-state index contributed by atoms with van der Waals surface area (Å²) in [7, 11) is 5.32. The van der Waals surface area contributed by atoms with E-state index in [-0.39, 0.29) is 46.2 Å². The van der Waals surface area contributed by atoms with Crippen molar-refractivity contribution < 1.29 is 38.1 Å². The molecular formula is C22H26O8S2. The highest BCUT2D eigenvalue weighted by atomic mass is 32.2. The van der Waals surface area contributed by atoms with Gasteiger partial charge in [0.2, 0.25) is 46.2 Å². The number of methoxy groups -OCH3 is 4. The Morgan fingerprint density at radius 3 is 1.22 bits per heavy atom. The van der Waals surface area contributed by atoms with Gasteiger partial charge in [0.15, 0.2) is 0 Å². The SMILES string of the molecule is COC1=C(OC)C(=O)C(SCCCCCCSC2=CC(=O)C(OC)=C(OC)C2=O)=CC1=O. The van der Waals surface area contributed by atoms with Crippen molar-refractivity contribution in [1.29, 1.82) is 0 Å². The molecule has 0 spiro atoms. The first-order valence-electron chi connectivity index (χ1n) is 9.91. The van der Waals surface area contributed by atoms with Crippen LogP contribution < -0.4 is 0 Å². The zero-order chi connectivity index (χ0) is 23.7. The first kappa shape index (κ1) is 25.8. The smallest absolute Gasteiger partial charge is 0.238 e. The molecule has 2 aliphatic rings. The van der Waals surface area contributed by atoms with E-state index in [1.807, 2.05) is 0 Å². The van der Waals surface area contributed by atoms with Crippen molar-refractivity contribution in [2.75, 3.05) is 39.9 Å². The summed E-state index contributed by atoms with van der Waals surface area (Å²) in [6.07, 6.45) is 6.18. The van der Waals surface area contributed by atoms with Gasteiger partial charge in [-0.1, -0.05) is 12.8 Å². The van der Waals surface area contributed by atoms with Crippen molar-refractivity contribution in [1.82, 2.24) is 0 Å². The monoisotopic (exact) mass is 482 g/mol. The molecule has 0 heterocycles. The lowest BCUT2D eigenvalue weighted by molar-refractivity contribution is -0.119. The number of rotatable bonds is 13. The minimum absolute atomic E-state index is 0.0614. The van der Waals surface area contributed by atoms with Crippen LogP contribution in [0.3, 0.4) is 0 Å². The van der Waals surface area contributed by atoms with Crippen molar-refractivity contribution >= 4 is 46.7 Å². The van der Waals surface area contributed by atoms with Gasteiger partial charge in [-0.05, 0) is 24.3 Å². The van der Waals surface area contributed by atoms with Crippen LogP contribution in [0.15, 0.2) is 45.0 Å². The molecular weight excluding hydrogens is 456 g/mol. The van der Waals surface area contributed by atoms with Gasteiger partial charge in [-0.3, -0.25) is 19.2 Å². The molecule has 0 fully saturated rings. The van der Waals surface area contributed by atoms with Gasteiger partial charge in [-0.25, -0.2) is 0 Å². The molecule has 2 rings (SSSR count). The lowest BCUT2D eigenvalue weighted by Gasteiger charge is -2.16. The van der Waals surface area contributed by atoms with Crippen LogP contribution in [0.5, 0.6) is 0 Å². The quantitative estimate of drug-likeness (QED) is 0.287. The van der Waals surface area contributed by atoms with Gasteiger partial charge in [0.05, 0.1) is 38.2 Å². The zero-order valence-electron chi connectivity index (χ0n) is 18.5. The third-order valence-corrected chi connectivity index (χ3v) is 6.83. The Morgan fingerprint density at radius 2 is 0.906 bits per heavy atom. The fourth-order valence-corrected chi connectivity index (χ4v) is 5.01. The predicted octanol–water partition coefficient (Wildman–Crippen LogP) is 3.09. The van der Waals surface area contributed by atoms with Crippen molar-refractivity contribution in [3.63, 3.8) is 0 Å². The number of ether oxygens (including phenoxy) is 4. The maximum Gasteiger partial charge on any atom is 0.238 e. The molecule has 0 saturated carbocycles. The van der Waals surface area contributed by atoms with E-state index in [0.29, 0.717) is 21.3 Å². The predicted molar refractivity (Wildman–Crippen MR) is 122 cm³/mol. The molecule has 0 aliphatic heterocycles. The molecule has 0 saturated heterocycles. The molecule has 0 aromatic carbocycles. The molecule has 10 heteroatoms. The molecule has 0 radical (unpaired) electrons. The summed E-state index contributed by atoms with van der Waals surface area (Å²) in [5.74, 6) is -0.317. The number of ketones is 4. The molecule has 0 aromatic heterocycles. The largest absolute Gasteiger partial charge is 0.490 e. The van der Waals surface area contributed by atoms with Crippen LogP contribution >= 0.6 is 23.5 Å². The standard InChI is InChI=1S/C22H26O8S2/c1-27-19-13(23)11-15(17(25)21(19)29-3)31-9-7-5-6-8-10-32-16-12-14(24)20(28-2)22(30-4)18(16)26/h11-12H,5-10H2,1-4H3. The number of Topliss-reactive ketones (excluding diaryl/α,β-unsaturated/α-hetero) is 2. The van der Waals surface area contributed by atoms with Crippen LogP contribution in [0.2, 0.25) is 0 Å². The Kier molecular flexibility index (Phi) is 10.1. The van der Waals surface area contributed by atoms with Crippen LogP contribution in [0.4, 0.5) is 0 Å². The second-order valence-corrected chi connectivity index (χ2v) is 8.92. The number of thioether (sulfide) groups is 2. The topological polar surface area (TPSA) is 105 Å². The maximum atomic E-state index is 12.4. The fourth-order valence-electron chi connectivity index (χ4n) is 3.05. The minimum atomic E-state index is -0.377. The number of unbranched alkanes of at least 4 members (excludes halogenated alkanes) is 3. The summed E-state index contributed by atoms with van der Waals surface area (Å²) in [6, 6.07) is 0. The number of carbonyl (C=O) groups is 4. The Balaban J connectivity index is 1.69. The lowest BCUT2D eigenvalue weighted by atomic mass is 10.1. The second-order valence-electron chi connectivity index (χ2n) is 6.65. The molecule has 32 heavy (non-hydrogen) atoms.